The SMILES string of the molecule is CCC(C)CNCc1nnnn1-c1ccccc1. The molecular formula is C13H19N5. The van der Waals surface area contributed by atoms with Crippen molar-refractivity contribution < 1.29 is 0 Å². The van der Waals surface area contributed by atoms with Crippen LogP contribution in [0.4, 0.5) is 0 Å². The van der Waals surface area contributed by atoms with Crippen molar-refractivity contribution in [3.05, 3.63) is 36.2 Å². The lowest BCUT2D eigenvalue weighted by atomic mass is 10.1. The van der Waals surface area contributed by atoms with Crippen LogP contribution < -0.4 is 5.32 Å². The number of aromatic nitrogens is 4. The summed E-state index contributed by atoms with van der Waals surface area (Å²) >= 11 is 0. The van der Waals surface area contributed by atoms with Gasteiger partial charge in [0.15, 0.2) is 5.82 Å². The van der Waals surface area contributed by atoms with E-state index in [1.807, 2.05) is 30.3 Å². The number of tetrazole rings is 1. The van der Waals surface area contributed by atoms with Gasteiger partial charge in [0.25, 0.3) is 0 Å². The van der Waals surface area contributed by atoms with Gasteiger partial charge in [-0.2, -0.15) is 4.68 Å². The lowest BCUT2D eigenvalue weighted by Gasteiger charge is -2.09. The van der Waals surface area contributed by atoms with E-state index in [0.717, 1.165) is 18.1 Å². The third-order valence-electron chi connectivity index (χ3n) is 3.01. The molecule has 0 saturated heterocycles. The maximum atomic E-state index is 4.05. The van der Waals surface area contributed by atoms with Crippen LogP contribution in [0.15, 0.2) is 30.3 Å². The first kappa shape index (κ1) is 12.7. The van der Waals surface area contributed by atoms with E-state index in [4.69, 9.17) is 0 Å². The van der Waals surface area contributed by atoms with Crippen LogP contribution in [-0.4, -0.2) is 26.8 Å². The van der Waals surface area contributed by atoms with E-state index in [2.05, 4.69) is 34.7 Å². The Hall–Kier alpha value is -1.75. The predicted octanol–water partition coefficient (Wildman–Crippen LogP) is 1.80. The monoisotopic (exact) mass is 245 g/mol. The molecule has 1 heterocycles. The summed E-state index contributed by atoms with van der Waals surface area (Å²) in [6, 6.07) is 9.93. The minimum absolute atomic E-state index is 0.672. The predicted molar refractivity (Wildman–Crippen MR) is 70.3 cm³/mol. The van der Waals surface area contributed by atoms with E-state index >= 15 is 0 Å². The maximum Gasteiger partial charge on any atom is 0.170 e. The fourth-order valence-corrected chi connectivity index (χ4v) is 1.66. The lowest BCUT2D eigenvalue weighted by Crippen LogP contribution is -2.22. The molecule has 0 fully saturated rings. The first-order chi connectivity index (χ1) is 8.81. The Morgan fingerprint density at radius 3 is 2.78 bits per heavy atom. The number of benzene rings is 1. The van der Waals surface area contributed by atoms with Gasteiger partial charge in [0.2, 0.25) is 0 Å². The van der Waals surface area contributed by atoms with E-state index in [0.29, 0.717) is 12.5 Å². The molecule has 5 heteroatoms. The summed E-state index contributed by atoms with van der Waals surface area (Å²) in [6.07, 6.45) is 1.18. The molecule has 18 heavy (non-hydrogen) atoms. The second-order valence-corrected chi connectivity index (χ2v) is 4.49. The van der Waals surface area contributed by atoms with Crippen molar-refractivity contribution in [2.24, 2.45) is 5.92 Å². The molecular weight excluding hydrogens is 226 g/mol. The molecule has 0 saturated carbocycles. The van der Waals surface area contributed by atoms with Crippen molar-refractivity contribution in [3.8, 4) is 5.69 Å². The summed E-state index contributed by atoms with van der Waals surface area (Å²) in [4.78, 5) is 0. The van der Waals surface area contributed by atoms with Crippen LogP contribution >= 0.6 is 0 Å². The van der Waals surface area contributed by atoms with Gasteiger partial charge in [0.05, 0.1) is 12.2 Å². The van der Waals surface area contributed by atoms with Gasteiger partial charge >= 0.3 is 0 Å². The largest absolute Gasteiger partial charge is 0.310 e. The standard InChI is InChI=1S/C13H19N5/c1-3-11(2)9-14-10-13-15-16-17-18(13)12-7-5-4-6-8-12/h4-8,11,14H,3,9-10H2,1-2H3. The van der Waals surface area contributed by atoms with Crippen LogP contribution in [0.2, 0.25) is 0 Å². The Labute approximate surface area is 107 Å². The van der Waals surface area contributed by atoms with Crippen molar-refractivity contribution >= 4 is 0 Å². The van der Waals surface area contributed by atoms with Gasteiger partial charge in [-0.25, -0.2) is 0 Å². The molecule has 1 N–H and O–H groups in total. The minimum atomic E-state index is 0.672. The van der Waals surface area contributed by atoms with Crippen LogP contribution in [-0.2, 0) is 6.54 Å². The van der Waals surface area contributed by atoms with E-state index < -0.39 is 0 Å². The summed E-state index contributed by atoms with van der Waals surface area (Å²) in [5.41, 5.74) is 0.989. The zero-order valence-corrected chi connectivity index (χ0v) is 10.9. The second-order valence-electron chi connectivity index (χ2n) is 4.49. The van der Waals surface area contributed by atoms with Crippen molar-refractivity contribution in [2.45, 2.75) is 26.8 Å². The van der Waals surface area contributed by atoms with E-state index in [1.165, 1.54) is 6.42 Å². The van der Waals surface area contributed by atoms with Gasteiger partial charge in [0, 0.05) is 0 Å². The zero-order chi connectivity index (χ0) is 12.8. The number of rotatable bonds is 6. The number of nitrogens with one attached hydrogen (secondary N) is 1. The Balaban J connectivity index is 2.00. The quantitative estimate of drug-likeness (QED) is 0.843. The Bertz CT molecular complexity index is 465. The van der Waals surface area contributed by atoms with Crippen molar-refractivity contribution in [1.29, 1.82) is 0 Å². The van der Waals surface area contributed by atoms with Crippen LogP contribution in [0.25, 0.3) is 5.69 Å². The Morgan fingerprint density at radius 1 is 1.28 bits per heavy atom. The highest BCUT2D eigenvalue weighted by Crippen LogP contribution is 2.06. The van der Waals surface area contributed by atoms with E-state index in [9.17, 15) is 0 Å². The van der Waals surface area contributed by atoms with Gasteiger partial charge in [-0.15, -0.1) is 5.10 Å². The minimum Gasteiger partial charge on any atom is -0.310 e. The van der Waals surface area contributed by atoms with Crippen molar-refractivity contribution in [1.82, 2.24) is 25.5 Å². The molecule has 1 aromatic carbocycles. The molecule has 0 radical (unpaired) electrons. The van der Waals surface area contributed by atoms with Gasteiger partial charge in [-0.05, 0) is 35.0 Å². The molecule has 1 atom stereocenters. The van der Waals surface area contributed by atoms with Crippen molar-refractivity contribution in [2.75, 3.05) is 6.54 Å². The normalized spacial score (nSPS) is 12.6. The topological polar surface area (TPSA) is 55.6 Å². The van der Waals surface area contributed by atoms with Gasteiger partial charge in [-0.3, -0.25) is 0 Å². The van der Waals surface area contributed by atoms with Crippen LogP contribution in [0.3, 0.4) is 0 Å². The molecule has 1 aromatic heterocycles. The van der Waals surface area contributed by atoms with Crippen LogP contribution in [0.5, 0.6) is 0 Å². The summed E-state index contributed by atoms with van der Waals surface area (Å²) in [5.74, 6) is 1.51. The summed E-state index contributed by atoms with van der Waals surface area (Å²) < 4.78 is 1.77. The lowest BCUT2D eigenvalue weighted by molar-refractivity contribution is 0.491. The first-order valence-corrected chi connectivity index (χ1v) is 6.34. The van der Waals surface area contributed by atoms with E-state index in [-0.39, 0.29) is 0 Å². The number of para-hydroxylation sites is 1. The summed E-state index contributed by atoms with van der Waals surface area (Å²) in [7, 11) is 0. The van der Waals surface area contributed by atoms with Gasteiger partial charge in [-0.1, -0.05) is 38.5 Å². The molecule has 0 bridgehead atoms. The molecule has 2 aromatic rings. The second kappa shape index (κ2) is 6.26. The van der Waals surface area contributed by atoms with Gasteiger partial charge < -0.3 is 5.32 Å². The zero-order valence-electron chi connectivity index (χ0n) is 10.9. The smallest absolute Gasteiger partial charge is 0.170 e. The summed E-state index contributed by atoms with van der Waals surface area (Å²) in [6.45, 7) is 6.10. The summed E-state index contributed by atoms with van der Waals surface area (Å²) in [5, 5.41) is 15.2. The molecule has 1 unspecified atom stereocenters. The molecule has 0 spiro atoms. The van der Waals surface area contributed by atoms with Crippen LogP contribution in [0.1, 0.15) is 26.1 Å². The molecule has 2 rings (SSSR count). The first-order valence-electron chi connectivity index (χ1n) is 6.34. The number of hydrogen-bond donors (Lipinski definition) is 1. The molecule has 0 aliphatic rings. The molecule has 0 aliphatic carbocycles. The third kappa shape index (κ3) is 3.13. The number of hydrogen-bond acceptors (Lipinski definition) is 4. The highest BCUT2D eigenvalue weighted by molar-refractivity contribution is 5.30. The highest BCUT2D eigenvalue weighted by Gasteiger charge is 2.07. The molecule has 96 valence electrons. The average molecular weight is 245 g/mol. The fourth-order valence-electron chi connectivity index (χ4n) is 1.66. The molecule has 0 amide bonds. The van der Waals surface area contributed by atoms with Crippen molar-refractivity contribution in [3.63, 3.8) is 0 Å². The Kier molecular flexibility index (Phi) is 4.41. The number of nitrogens with zero attached hydrogens (tertiary/aromatic N) is 4. The van der Waals surface area contributed by atoms with Crippen LogP contribution in [0, 0.1) is 5.92 Å². The maximum absolute atomic E-state index is 4.05. The highest BCUT2D eigenvalue weighted by atomic mass is 15.5. The Morgan fingerprint density at radius 2 is 2.06 bits per heavy atom. The third-order valence-corrected chi connectivity index (χ3v) is 3.01. The molecule has 5 nitrogen and oxygen atoms in total. The van der Waals surface area contributed by atoms with E-state index in [1.54, 1.807) is 4.68 Å². The molecule has 0 aliphatic heterocycles. The van der Waals surface area contributed by atoms with Gasteiger partial charge in [0.1, 0.15) is 0 Å². The fraction of sp³-hybridized carbons (Fsp3) is 0.462. The average Bonchev–Trinajstić information content (AvgIpc) is 2.88.